The molecule has 1 heterocycles. The van der Waals surface area contributed by atoms with Crippen molar-refractivity contribution in [2.24, 2.45) is 0 Å². The Morgan fingerprint density at radius 2 is 2.05 bits per heavy atom. The van der Waals surface area contributed by atoms with Crippen molar-refractivity contribution in [3.8, 4) is 0 Å². The van der Waals surface area contributed by atoms with Crippen molar-refractivity contribution in [1.82, 2.24) is 10.3 Å². The molecule has 0 aliphatic rings. The molecule has 2 N–H and O–H groups in total. The molecule has 0 bridgehead atoms. The summed E-state index contributed by atoms with van der Waals surface area (Å²) in [6, 6.07) is 7.75. The molecule has 1 aromatic carbocycles. The van der Waals surface area contributed by atoms with Gasteiger partial charge in [-0.1, -0.05) is 19.1 Å². The van der Waals surface area contributed by atoms with Gasteiger partial charge in [0.15, 0.2) is 6.39 Å². The summed E-state index contributed by atoms with van der Waals surface area (Å²) in [5, 5.41) is 6.12. The quantitative estimate of drug-likeness (QED) is 0.794. The SMILES string of the molecule is CCCNCc1ccc(NC(=O)c2ocnc2C)cc1. The van der Waals surface area contributed by atoms with E-state index < -0.39 is 0 Å². The lowest BCUT2D eigenvalue weighted by Gasteiger charge is -2.06. The Bertz CT molecular complexity index is 561. The average molecular weight is 273 g/mol. The van der Waals surface area contributed by atoms with E-state index in [1.807, 2.05) is 24.3 Å². The lowest BCUT2D eigenvalue weighted by molar-refractivity contribution is 0.0996. The van der Waals surface area contributed by atoms with E-state index in [2.05, 4.69) is 22.5 Å². The van der Waals surface area contributed by atoms with Crippen LogP contribution < -0.4 is 10.6 Å². The van der Waals surface area contributed by atoms with Crippen LogP contribution in [0.2, 0.25) is 0 Å². The van der Waals surface area contributed by atoms with Gasteiger partial charge in [0.05, 0.1) is 5.69 Å². The molecule has 20 heavy (non-hydrogen) atoms. The fraction of sp³-hybridized carbons (Fsp3) is 0.333. The molecule has 5 heteroatoms. The molecule has 0 aliphatic carbocycles. The zero-order valence-corrected chi connectivity index (χ0v) is 11.8. The summed E-state index contributed by atoms with van der Waals surface area (Å²) in [5.74, 6) is -0.0319. The molecular formula is C15H19N3O2. The lowest BCUT2D eigenvalue weighted by atomic mass is 10.2. The molecule has 1 amide bonds. The Morgan fingerprint density at radius 3 is 2.65 bits per heavy atom. The smallest absolute Gasteiger partial charge is 0.293 e. The standard InChI is InChI=1S/C15H19N3O2/c1-3-8-16-9-12-4-6-13(7-5-12)18-15(19)14-11(2)17-10-20-14/h4-7,10,16H,3,8-9H2,1-2H3,(H,18,19). The van der Waals surface area contributed by atoms with Crippen LogP contribution in [-0.2, 0) is 6.54 Å². The van der Waals surface area contributed by atoms with Crippen molar-refractivity contribution < 1.29 is 9.21 Å². The summed E-state index contributed by atoms with van der Waals surface area (Å²) < 4.78 is 5.05. The summed E-state index contributed by atoms with van der Waals surface area (Å²) in [4.78, 5) is 15.8. The van der Waals surface area contributed by atoms with Gasteiger partial charge in [0.25, 0.3) is 5.91 Å². The van der Waals surface area contributed by atoms with Gasteiger partial charge in [0, 0.05) is 12.2 Å². The summed E-state index contributed by atoms with van der Waals surface area (Å²) in [7, 11) is 0. The second kappa shape index (κ2) is 6.86. The molecule has 0 atom stereocenters. The predicted octanol–water partition coefficient (Wildman–Crippen LogP) is 2.73. The van der Waals surface area contributed by atoms with Crippen molar-refractivity contribution in [2.45, 2.75) is 26.8 Å². The fourth-order valence-electron chi connectivity index (χ4n) is 1.82. The van der Waals surface area contributed by atoms with Crippen molar-refractivity contribution in [2.75, 3.05) is 11.9 Å². The molecule has 0 radical (unpaired) electrons. The molecule has 0 saturated carbocycles. The molecule has 0 spiro atoms. The molecule has 5 nitrogen and oxygen atoms in total. The van der Waals surface area contributed by atoms with Gasteiger partial charge in [-0.3, -0.25) is 4.79 Å². The maximum Gasteiger partial charge on any atom is 0.293 e. The average Bonchev–Trinajstić information content (AvgIpc) is 2.87. The molecule has 0 unspecified atom stereocenters. The Labute approximate surface area is 118 Å². The third-order valence-electron chi connectivity index (χ3n) is 2.92. The summed E-state index contributed by atoms with van der Waals surface area (Å²) >= 11 is 0. The van der Waals surface area contributed by atoms with Crippen molar-refractivity contribution in [1.29, 1.82) is 0 Å². The van der Waals surface area contributed by atoms with E-state index in [4.69, 9.17) is 4.42 Å². The number of anilines is 1. The van der Waals surface area contributed by atoms with Crippen LogP contribution in [0.4, 0.5) is 5.69 Å². The van der Waals surface area contributed by atoms with E-state index in [9.17, 15) is 4.79 Å². The minimum atomic E-state index is -0.281. The number of carbonyl (C=O) groups excluding carboxylic acids is 1. The van der Waals surface area contributed by atoms with Crippen molar-refractivity contribution in [3.05, 3.63) is 47.7 Å². The van der Waals surface area contributed by atoms with Crippen LogP contribution in [0.3, 0.4) is 0 Å². The van der Waals surface area contributed by atoms with Gasteiger partial charge in [-0.15, -0.1) is 0 Å². The first kappa shape index (κ1) is 14.3. The first-order chi connectivity index (χ1) is 9.70. The van der Waals surface area contributed by atoms with Crippen LogP contribution in [0, 0.1) is 6.92 Å². The van der Waals surface area contributed by atoms with Gasteiger partial charge < -0.3 is 15.1 Å². The number of oxazole rings is 1. The van der Waals surface area contributed by atoms with E-state index in [1.165, 1.54) is 12.0 Å². The number of hydrogen-bond donors (Lipinski definition) is 2. The molecule has 2 rings (SSSR count). The maximum atomic E-state index is 11.9. The number of hydrogen-bond acceptors (Lipinski definition) is 4. The van der Waals surface area contributed by atoms with Crippen LogP contribution in [0.1, 0.15) is 35.2 Å². The molecule has 0 saturated heterocycles. The van der Waals surface area contributed by atoms with Gasteiger partial charge in [0.1, 0.15) is 0 Å². The van der Waals surface area contributed by atoms with Crippen molar-refractivity contribution in [3.63, 3.8) is 0 Å². The number of aromatic nitrogens is 1. The number of benzene rings is 1. The van der Waals surface area contributed by atoms with Crippen LogP contribution in [0.25, 0.3) is 0 Å². The number of nitrogens with one attached hydrogen (secondary N) is 2. The molecule has 106 valence electrons. The number of carbonyl (C=O) groups is 1. The molecule has 0 fully saturated rings. The Kier molecular flexibility index (Phi) is 4.90. The van der Waals surface area contributed by atoms with E-state index in [1.54, 1.807) is 6.92 Å². The third-order valence-corrected chi connectivity index (χ3v) is 2.92. The molecular weight excluding hydrogens is 254 g/mol. The topological polar surface area (TPSA) is 67.2 Å². The van der Waals surface area contributed by atoms with E-state index in [0.717, 1.165) is 25.2 Å². The zero-order valence-electron chi connectivity index (χ0n) is 11.8. The summed E-state index contributed by atoms with van der Waals surface area (Å²) in [6.07, 6.45) is 2.39. The molecule has 0 aliphatic heterocycles. The van der Waals surface area contributed by atoms with Gasteiger partial charge >= 0.3 is 0 Å². The first-order valence-corrected chi connectivity index (χ1v) is 6.71. The normalized spacial score (nSPS) is 10.5. The van der Waals surface area contributed by atoms with E-state index >= 15 is 0 Å². The highest BCUT2D eigenvalue weighted by atomic mass is 16.3. The highest BCUT2D eigenvalue weighted by Gasteiger charge is 2.13. The lowest BCUT2D eigenvalue weighted by Crippen LogP contribution is -2.14. The first-order valence-electron chi connectivity index (χ1n) is 6.71. The second-order valence-electron chi connectivity index (χ2n) is 4.59. The number of rotatable bonds is 6. The number of aryl methyl sites for hydroxylation is 1. The Hall–Kier alpha value is -2.14. The minimum Gasteiger partial charge on any atom is -0.438 e. The van der Waals surface area contributed by atoms with Crippen LogP contribution >= 0.6 is 0 Å². The minimum absolute atomic E-state index is 0.249. The summed E-state index contributed by atoms with van der Waals surface area (Å²) in [6.45, 7) is 5.71. The summed E-state index contributed by atoms with van der Waals surface area (Å²) in [5.41, 5.74) is 2.51. The van der Waals surface area contributed by atoms with Gasteiger partial charge in [0.2, 0.25) is 5.76 Å². The van der Waals surface area contributed by atoms with Crippen LogP contribution in [0.5, 0.6) is 0 Å². The second-order valence-corrected chi connectivity index (χ2v) is 4.59. The highest BCUT2D eigenvalue weighted by molar-refractivity contribution is 6.02. The van der Waals surface area contributed by atoms with Crippen LogP contribution in [-0.4, -0.2) is 17.4 Å². The Balaban J connectivity index is 1.93. The van der Waals surface area contributed by atoms with Gasteiger partial charge in [-0.25, -0.2) is 4.98 Å². The monoisotopic (exact) mass is 273 g/mol. The van der Waals surface area contributed by atoms with E-state index in [0.29, 0.717) is 5.69 Å². The third kappa shape index (κ3) is 3.68. The fourth-order valence-corrected chi connectivity index (χ4v) is 1.82. The number of nitrogens with zero attached hydrogens (tertiary/aromatic N) is 1. The van der Waals surface area contributed by atoms with Crippen LogP contribution in [0.15, 0.2) is 35.1 Å². The largest absolute Gasteiger partial charge is 0.438 e. The molecule has 2 aromatic rings. The van der Waals surface area contributed by atoms with E-state index in [-0.39, 0.29) is 11.7 Å². The van der Waals surface area contributed by atoms with Crippen molar-refractivity contribution >= 4 is 11.6 Å². The number of amides is 1. The maximum absolute atomic E-state index is 11.9. The van der Waals surface area contributed by atoms with Gasteiger partial charge in [-0.05, 0) is 37.6 Å². The zero-order chi connectivity index (χ0) is 14.4. The highest BCUT2D eigenvalue weighted by Crippen LogP contribution is 2.13. The predicted molar refractivity (Wildman–Crippen MR) is 77.6 cm³/mol. The molecule has 1 aromatic heterocycles. The Morgan fingerprint density at radius 1 is 1.30 bits per heavy atom. The van der Waals surface area contributed by atoms with Gasteiger partial charge in [-0.2, -0.15) is 0 Å².